The minimum atomic E-state index is -4.58. The van der Waals surface area contributed by atoms with Gasteiger partial charge in [-0.3, -0.25) is 53.7 Å². The third-order valence-corrected chi connectivity index (χ3v) is 24.0. The second-order valence-electron chi connectivity index (χ2n) is 32.7. The Kier molecular flexibility index (Phi) is 42.1. The maximum atomic E-state index is 14.0. The molecule has 0 unspecified atom stereocenters. The van der Waals surface area contributed by atoms with E-state index in [-0.39, 0.29) is 134 Å². The second kappa shape index (κ2) is 47.9. The molecular weight excluding hydrogens is 1570 g/mol. The van der Waals surface area contributed by atoms with E-state index >= 15 is 0 Å². The van der Waals surface area contributed by atoms with Crippen LogP contribution in [-0.2, 0) is 57.5 Å². The van der Waals surface area contributed by atoms with E-state index in [4.69, 9.17) is 71.6 Å². The van der Waals surface area contributed by atoms with Crippen molar-refractivity contribution in [1.82, 2.24) is 0 Å². The molecule has 0 spiro atoms. The lowest BCUT2D eigenvalue weighted by molar-refractivity contribution is -0.133. The van der Waals surface area contributed by atoms with Gasteiger partial charge in [0.15, 0.2) is 11.5 Å². The highest BCUT2D eigenvalue weighted by Gasteiger charge is 2.57. The highest BCUT2D eigenvalue weighted by atomic mass is 19.4. The minimum absolute atomic E-state index is 0.00595. The highest BCUT2D eigenvalue weighted by Crippen LogP contribution is 2.59. The molecule has 7 aliphatic rings. The number of amidine groups is 1. The molecule has 7 fully saturated rings. The molecule has 7 saturated carbocycles. The summed E-state index contributed by atoms with van der Waals surface area (Å²) in [4.78, 5) is 164. The van der Waals surface area contributed by atoms with E-state index in [1.807, 2.05) is 34.6 Å². The monoisotopic (exact) mass is 1690 g/mol. The summed E-state index contributed by atoms with van der Waals surface area (Å²) in [6.45, 7) is 29.0. The first-order valence-electron chi connectivity index (χ1n) is 40.3. The maximum absolute atomic E-state index is 14.0. The van der Waals surface area contributed by atoms with Gasteiger partial charge in [0.05, 0.1) is 81.1 Å². The molecule has 0 aliphatic heterocycles. The number of carbonyl (C=O) groups is 12. The zero-order valence-corrected chi connectivity index (χ0v) is 71.4. The molecule has 0 aromatic rings. The Morgan fingerprint density at radius 2 is 0.758 bits per heavy atom. The fourth-order valence-corrected chi connectivity index (χ4v) is 15.8. The molecule has 120 heavy (non-hydrogen) atoms. The number of nitrogens with two attached hydrogens (primary N) is 6. The third kappa shape index (κ3) is 31.8. The second-order valence-corrected chi connectivity index (χ2v) is 32.7. The zero-order chi connectivity index (χ0) is 91.8. The molecule has 0 atom stereocenters. The van der Waals surface area contributed by atoms with Gasteiger partial charge in [0.1, 0.15) is 40.5 Å². The van der Waals surface area contributed by atoms with Crippen LogP contribution in [0.1, 0.15) is 263 Å². The quantitative estimate of drug-likeness (QED) is 0.0119. The molecule has 18 N–H and O–H groups in total. The first kappa shape index (κ1) is 105. The molecule has 0 aromatic carbocycles. The molecular formula is C85H125F4N13O18. The number of aliphatic carboxylic acids is 6. The number of hydrogen-bond acceptors (Lipinski definition) is 24. The van der Waals surface area contributed by atoms with Crippen molar-refractivity contribution < 1.29 is 106 Å². The SMILES string of the molecule is CC(=O)C1(C)CCC(N=C(CC(F)(F)F)C(=CN)C(=O)O)CC1.CC(=O)C1(F)CCC(N=C(C)C(=CN)C(=O)O)CC1.CC(=O)C12CCC(N=C(C)C(=CN)C(=O)O)(CC1)C2.CC(=O)C1CCC(N=C(C(=CN)C(=O)O)C(C)C)CC1.CCC(=NC1CCC(C(C)=O)CC1)C(=CN)C(=O)O.[C-]#[N+]C(=NC1CCC(C)(C(C)=O)CC1)C(=CN)C(=O)O. The lowest BCUT2D eigenvalue weighted by atomic mass is 9.72. The van der Waals surface area contributed by atoms with Crippen molar-refractivity contribution in [2.75, 3.05) is 0 Å². The lowest BCUT2D eigenvalue weighted by Crippen LogP contribution is -2.37. The van der Waals surface area contributed by atoms with Gasteiger partial charge in [-0.25, -0.2) is 33.2 Å². The van der Waals surface area contributed by atoms with E-state index in [0.29, 0.717) is 99.7 Å². The molecule has 0 aromatic heterocycles. The number of halogens is 4. The maximum Gasteiger partial charge on any atom is 0.394 e. The lowest BCUT2D eigenvalue weighted by Gasteiger charge is -2.34. The van der Waals surface area contributed by atoms with Crippen molar-refractivity contribution in [3.63, 3.8) is 0 Å². The molecule has 31 nitrogen and oxygen atoms in total. The fourth-order valence-electron chi connectivity index (χ4n) is 15.8. The topological polar surface area (TPSA) is 561 Å². The normalized spacial score (nSPS) is 28.0. The van der Waals surface area contributed by atoms with Crippen molar-refractivity contribution in [1.29, 1.82) is 0 Å². The number of rotatable bonds is 27. The van der Waals surface area contributed by atoms with E-state index in [1.165, 1.54) is 13.8 Å². The van der Waals surface area contributed by atoms with Crippen molar-refractivity contribution in [2.24, 2.45) is 98.4 Å². The molecule has 666 valence electrons. The summed E-state index contributed by atoms with van der Waals surface area (Å²) in [6.07, 6.45) is 17.1. The standard InChI is InChI=1S/C15H21F3N2O3.C15H24N2O3.C14H19N3O3.C14H20N2O3.C14H22N2O3.C13H19FN2O3/c1-9(21)14(2)5-3-10(4-6-14)20-12(7-15(16,17)18)11(8-19)13(22)23;1-9(2)14(13(8-16)15(19)20)17-12-6-4-11(5-7-12)10(3)18;1-9(18)14(2)6-4-10(5-7-14)17-12(16-3)11(8-15)13(19)20;1-9(11(7-15)12(18)19)16-14-5-3-13(8-14,4-6-14)10(2)17;1-3-13(12(8-15)14(18)19)16-11-6-4-10(5-7-11)9(2)17;1-8(11(7-15)12(18)19)16-10-3-5-13(14,6-4-10)9(2)17/h8,10H,3-7,19H2,1-2H3,(H,22,23);8-9,11-12H,4-7,16H2,1-3H3,(H,19,20);8,10H,4-7,15H2,1-2H3,(H,19,20);7H,3-6,8,15H2,1-2H3,(H,18,19);8,10-11H,3-7,15H2,1-2H3,(H,18,19);7,10H,3-6,15H2,1-2H3,(H,18,19). The molecule has 0 radical (unpaired) electrons. The highest BCUT2D eigenvalue weighted by molar-refractivity contribution is 6.23. The number of hydrogen-bond donors (Lipinski definition) is 12. The van der Waals surface area contributed by atoms with Crippen LogP contribution >= 0.6 is 0 Å². The number of nitrogens with zero attached hydrogens (tertiary/aromatic N) is 7. The zero-order valence-electron chi connectivity index (χ0n) is 71.4. The van der Waals surface area contributed by atoms with Gasteiger partial charge in [0.25, 0.3) is 5.84 Å². The Bertz CT molecular complexity index is 4140. The van der Waals surface area contributed by atoms with Crippen LogP contribution in [0.25, 0.3) is 4.85 Å². The van der Waals surface area contributed by atoms with Crippen LogP contribution in [0.15, 0.2) is 101 Å². The first-order chi connectivity index (χ1) is 55.8. The number of carboxylic acids is 6. The average Bonchev–Trinajstić information content (AvgIpc) is 1.59. The molecule has 0 saturated heterocycles. The number of aliphatic imine (C=N–C) groups is 6. The predicted molar refractivity (Wildman–Crippen MR) is 448 cm³/mol. The van der Waals surface area contributed by atoms with Gasteiger partial charge in [-0.1, -0.05) is 41.2 Å². The number of fused-ring (bicyclic) bond motifs is 2. The molecule has 0 amide bonds. The van der Waals surface area contributed by atoms with Gasteiger partial charge in [-0.2, -0.15) is 18.2 Å². The number of alkyl halides is 4. The smallest absolute Gasteiger partial charge is 0.394 e. The Morgan fingerprint density at radius 1 is 0.425 bits per heavy atom. The minimum Gasteiger partial charge on any atom is -0.478 e. The first-order valence-corrected chi connectivity index (χ1v) is 40.3. The Morgan fingerprint density at radius 3 is 1.07 bits per heavy atom. The van der Waals surface area contributed by atoms with E-state index in [0.717, 1.165) is 114 Å². The van der Waals surface area contributed by atoms with Crippen LogP contribution in [0.2, 0.25) is 0 Å². The van der Waals surface area contributed by atoms with Crippen LogP contribution in [0.3, 0.4) is 0 Å². The molecule has 2 bridgehead atoms. The van der Waals surface area contributed by atoms with Gasteiger partial charge in [-0.15, -0.1) is 0 Å². The Labute approximate surface area is 699 Å². The van der Waals surface area contributed by atoms with Crippen molar-refractivity contribution in [3.8, 4) is 0 Å². The third-order valence-electron chi connectivity index (χ3n) is 24.0. The van der Waals surface area contributed by atoms with Crippen molar-refractivity contribution in [3.05, 3.63) is 82.1 Å². The predicted octanol–water partition coefficient (Wildman–Crippen LogP) is 12.0. The van der Waals surface area contributed by atoms with E-state index in [9.17, 15) is 75.1 Å². The van der Waals surface area contributed by atoms with Gasteiger partial charge >= 0.3 is 42.0 Å². The van der Waals surface area contributed by atoms with Gasteiger partial charge in [0.2, 0.25) is 0 Å². The van der Waals surface area contributed by atoms with Gasteiger partial charge < -0.3 is 69.9 Å². The molecule has 7 aliphatic carbocycles. The van der Waals surface area contributed by atoms with Crippen LogP contribution < -0.4 is 34.4 Å². The van der Waals surface area contributed by atoms with Crippen LogP contribution in [-0.4, -0.2) is 183 Å². The number of ketones is 6. The number of Topliss-reactive ketones (excluding diaryl/α,β-unsaturated/α-hetero) is 6. The van der Waals surface area contributed by atoms with Gasteiger partial charge in [-0.05, 0) is 234 Å². The largest absolute Gasteiger partial charge is 0.478 e. The van der Waals surface area contributed by atoms with E-state index in [1.54, 1.807) is 41.5 Å². The summed E-state index contributed by atoms with van der Waals surface area (Å²) >= 11 is 0. The van der Waals surface area contributed by atoms with E-state index < -0.39 is 82.6 Å². The summed E-state index contributed by atoms with van der Waals surface area (Å²) in [5, 5.41) is 54.1. The summed E-state index contributed by atoms with van der Waals surface area (Å²) < 4.78 is 52.0. The van der Waals surface area contributed by atoms with Crippen LogP contribution in [0.5, 0.6) is 0 Å². The van der Waals surface area contributed by atoms with Crippen molar-refractivity contribution >= 4 is 105 Å². The summed E-state index contributed by atoms with van der Waals surface area (Å²) in [7, 11) is 0. The van der Waals surface area contributed by atoms with Gasteiger partial charge in [0, 0.05) is 70.5 Å². The number of carboxylic acid groups (broad SMARTS) is 6. The molecule has 0 heterocycles. The molecule has 7 rings (SSSR count). The Balaban J connectivity index is 0.000000489. The van der Waals surface area contributed by atoms with Crippen LogP contribution in [0.4, 0.5) is 17.6 Å². The Hall–Kier alpha value is -10.7. The van der Waals surface area contributed by atoms with E-state index in [2.05, 4.69) is 34.8 Å². The average molecular weight is 1690 g/mol. The van der Waals surface area contributed by atoms with Crippen molar-refractivity contribution in [2.45, 2.75) is 311 Å². The van der Waals surface area contributed by atoms with Crippen LogP contribution in [0, 0.1) is 40.6 Å². The number of carbonyl (C=O) groups excluding carboxylic acids is 6. The molecule has 35 heteroatoms. The summed E-state index contributed by atoms with van der Waals surface area (Å²) in [5.41, 5.74) is 29.3. The summed E-state index contributed by atoms with van der Waals surface area (Å²) in [5.74, 6) is -6.46. The fraction of sp³-hybridized carbons (Fsp3) is 0.635. The summed E-state index contributed by atoms with van der Waals surface area (Å²) in [6, 6.07) is -0.510.